The lowest BCUT2D eigenvalue weighted by Gasteiger charge is -2.20. The zero-order chi connectivity index (χ0) is 14.3. The number of hydrogen-bond acceptors (Lipinski definition) is 2. The first-order valence-corrected chi connectivity index (χ1v) is 6.85. The van der Waals surface area contributed by atoms with Crippen LogP contribution in [0, 0.1) is 11.6 Å². The van der Waals surface area contributed by atoms with Gasteiger partial charge in [0.05, 0.1) is 0 Å². The lowest BCUT2D eigenvalue weighted by molar-refractivity contribution is 0.268. The molecule has 1 rings (SSSR count). The van der Waals surface area contributed by atoms with Gasteiger partial charge < -0.3 is 10.2 Å². The molecule has 2 nitrogen and oxygen atoms in total. The summed E-state index contributed by atoms with van der Waals surface area (Å²) >= 11 is 0. The van der Waals surface area contributed by atoms with E-state index < -0.39 is 5.82 Å². The minimum Gasteiger partial charge on any atom is -0.313 e. The van der Waals surface area contributed by atoms with Crippen molar-refractivity contribution in [2.45, 2.75) is 39.3 Å². The van der Waals surface area contributed by atoms with Crippen LogP contribution in [-0.2, 0) is 6.54 Å². The molecule has 0 bridgehead atoms. The number of hydrogen-bond donors (Lipinski definition) is 1. The van der Waals surface area contributed by atoms with Gasteiger partial charge >= 0.3 is 0 Å². The molecule has 0 aliphatic heterocycles. The van der Waals surface area contributed by atoms with Crippen molar-refractivity contribution in [2.75, 3.05) is 20.1 Å². The first-order valence-electron chi connectivity index (χ1n) is 6.85. The Hall–Kier alpha value is -1.00. The van der Waals surface area contributed by atoms with Gasteiger partial charge in [-0.05, 0) is 65.0 Å². The normalized spacial score (nSPS) is 11.5. The predicted molar refractivity (Wildman–Crippen MR) is 75.1 cm³/mol. The van der Waals surface area contributed by atoms with E-state index in [1.54, 1.807) is 0 Å². The van der Waals surface area contributed by atoms with Gasteiger partial charge in [-0.15, -0.1) is 0 Å². The summed E-state index contributed by atoms with van der Waals surface area (Å²) in [5.74, 6) is -0.745. The average Bonchev–Trinajstić information content (AvgIpc) is 2.37. The van der Waals surface area contributed by atoms with Gasteiger partial charge in [0.2, 0.25) is 0 Å². The first kappa shape index (κ1) is 16.1. The fourth-order valence-corrected chi connectivity index (χ4v) is 1.77. The monoisotopic (exact) mass is 270 g/mol. The molecule has 1 aromatic carbocycles. The predicted octanol–water partition coefficient (Wildman–Crippen LogP) is 3.17. The van der Waals surface area contributed by atoms with Gasteiger partial charge in [-0.2, -0.15) is 0 Å². The molecule has 0 aromatic heterocycles. The van der Waals surface area contributed by atoms with E-state index in [9.17, 15) is 8.78 Å². The largest absolute Gasteiger partial charge is 0.313 e. The Morgan fingerprint density at radius 3 is 2.63 bits per heavy atom. The maximum absolute atomic E-state index is 13.3. The number of nitrogens with zero attached hydrogens (tertiary/aromatic N) is 1. The topological polar surface area (TPSA) is 15.3 Å². The van der Waals surface area contributed by atoms with Crippen LogP contribution in [0.25, 0.3) is 0 Å². The van der Waals surface area contributed by atoms with Gasteiger partial charge in [0.15, 0.2) is 0 Å². The van der Waals surface area contributed by atoms with Crippen LogP contribution in [0.2, 0.25) is 0 Å². The van der Waals surface area contributed by atoms with Crippen molar-refractivity contribution in [1.82, 2.24) is 10.2 Å². The number of rotatable bonds is 8. The summed E-state index contributed by atoms with van der Waals surface area (Å²) in [4.78, 5) is 2.30. The van der Waals surface area contributed by atoms with Crippen LogP contribution in [0.3, 0.4) is 0 Å². The molecule has 0 saturated heterocycles. The molecule has 0 amide bonds. The van der Waals surface area contributed by atoms with Crippen molar-refractivity contribution in [2.24, 2.45) is 0 Å². The number of benzene rings is 1. The Balaban J connectivity index is 2.16. The Kier molecular flexibility index (Phi) is 6.95. The average molecular weight is 270 g/mol. The van der Waals surface area contributed by atoms with E-state index in [0.717, 1.165) is 32.0 Å². The quantitative estimate of drug-likeness (QED) is 0.730. The summed E-state index contributed by atoms with van der Waals surface area (Å²) in [6.07, 6.45) is 2.14. The van der Waals surface area contributed by atoms with E-state index in [4.69, 9.17) is 0 Å². The van der Waals surface area contributed by atoms with Gasteiger partial charge in [-0.3, -0.25) is 0 Å². The third-order valence-electron chi connectivity index (χ3n) is 3.32. The zero-order valence-electron chi connectivity index (χ0n) is 12.0. The Labute approximate surface area is 114 Å². The lowest BCUT2D eigenvalue weighted by atomic mass is 10.2. The molecule has 0 saturated carbocycles. The summed E-state index contributed by atoms with van der Waals surface area (Å²) in [6, 6.07) is 4.12. The molecular weight excluding hydrogens is 246 g/mol. The molecule has 0 aliphatic rings. The Morgan fingerprint density at radius 2 is 1.95 bits per heavy atom. The summed E-state index contributed by atoms with van der Waals surface area (Å²) in [7, 11) is 2.11. The zero-order valence-corrected chi connectivity index (χ0v) is 12.0. The number of halogens is 2. The third kappa shape index (κ3) is 6.12. The van der Waals surface area contributed by atoms with E-state index in [1.165, 1.54) is 12.1 Å². The molecule has 19 heavy (non-hydrogen) atoms. The van der Waals surface area contributed by atoms with Gasteiger partial charge in [0.1, 0.15) is 11.6 Å². The van der Waals surface area contributed by atoms with Gasteiger partial charge in [0, 0.05) is 18.2 Å². The van der Waals surface area contributed by atoms with Crippen LogP contribution < -0.4 is 5.32 Å². The summed E-state index contributed by atoms with van der Waals surface area (Å²) in [5, 5.41) is 3.15. The molecule has 4 heteroatoms. The van der Waals surface area contributed by atoms with Crippen LogP contribution in [0.1, 0.15) is 32.3 Å². The maximum Gasteiger partial charge on any atom is 0.127 e. The summed E-state index contributed by atoms with van der Waals surface area (Å²) in [6.45, 7) is 6.61. The lowest BCUT2D eigenvalue weighted by Crippen LogP contribution is -2.27. The molecule has 0 heterocycles. The van der Waals surface area contributed by atoms with E-state index in [0.29, 0.717) is 18.2 Å². The van der Waals surface area contributed by atoms with Gasteiger partial charge in [-0.1, -0.05) is 0 Å². The van der Waals surface area contributed by atoms with Crippen molar-refractivity contribution in [3.63, 3.8) is 0 Å². The Morgan fingerprint density at radius 1 is 1.21 bits per heavy atom. The molecule has 1 N–H and O–H groups in total. The molecule has 108 valence electrons. The minimum atomic E-state index is -0.392. The fraction of sp³-hybridized carbons (Fsp3) is 0.600. The maximum atomic E-state index is 13.3. The second-order valence-corrected chi connectivity index (χ2v) is 5.19. The highest BCUT2D eigenvalue weighted by molar-refractivity contribution is 5.18. The summed E-state index contributed by atoms with van der Waals surface area (Å²) < 4.78 is 26.3. The molecule has 1 aromatic rings. The second-order valence-electron chi connectivity index (χ2n) is 5.19. The highest BCUT2D eigenvalue weighted by atomic mass is 19.1. The van der Waals surface area contributed by atoms with Gasteiger partial charge in [0.25, 0.3) is 0 Å². The first-order chi connectivity index (χ1) is 9.00. The second kappa shape index (κ2) is 8.23. The highest BCUT2D eigenvalue weighted by Gasteiger charge is 2.04. The van der Waals surface area contributed by atoms with Crippen LogP contribution in [0.15, 0.2) is 18.2 Å². The van der Waals surface area contributed by atoms with Crippen LogP contribution in [0.4, 0.5) is 8.78 Å². The number of nitrogens with one attached hydrogen (secondary N) is 1. The SMILES string of the molecule is CC(C)N(C)CCCCNCc1cc(F)ccc1F. The molecule has 0 atom stereocenters. The minimum absolute atomic E-state index is 0.353. The standard InChI is InChI=1S/C15H24F2N2/c1-12(2)19(3)9-5-4-8-18-11-13-10-14(16)6-7-15(13)17/h6-7,10,12,18H,4-5,8-9,11H2,1-3H3. The van der Waals surface area contributed by atoms with E-state index in [-0.39, 0.29) is 5.82 Å². The summed E-state index contributed by atoms with van der Waals surface area (Å²) in [5.41, 5.74) is 0.388. The van der Waals surface area contributed by atoms with Crippen molar-refractivity contribution in [3.8, 4) is 0 Å². The van der Waals surface area contributed by atoms with Crippen molar-refractivity contribution < 1.29 is 8.78 Å². The van der Waals surface area contributed by atoms with E-state index in [1.807, 2.05) is 0 Å². The highest BCUT2D eigenvalue weighted by Crippen LogP contribution is 2.09. The van der Waals surface area contributed by atoms with Crippen LogP contribution in [-0.4, -0.2) is 31.1 Å². The number of unbranched alkanes of at least 4 members (excludes halogenated alkanes) is 1. The van der Waals surface area contributed by atoms with Crippen LogP contribution >= 0.6 is 0 Å². The van der Waals surface area contributed by atoms with Gasteiger partial charge in [-0.25, -0.2) is 8.78 Å². The smallest absolute Gasteiger partial charge is 0.127 e. The molecule has 0 unspecified atom stereocenters. The third-order valence-corrected chi connectivity index (χ3v) is 3.32. The van der Waals surface area contributed by atoms with Crippen LogP contribution in [0.5, 0.6) is 0 Å². The van der Waals surface area contributed by atoms with Crippen molar-refractivity contribution >= 4 is 0 Å². The molecular formula is C15H24F2N2. The molecule has 0 radical (unpaired) electrons. The van der Waals surface area contributed by atoms with E-state index in [2.05, 4.69) is 31.1 Å². The fourth-order valence-electron chi connectivity index (χ4n) is 1.77. The van der Waals surface area contributed by atoms with Crippen molar-refractivity contribution in [3.05, 3.63) is 35.4 Å². The Bertz CT molecular complexity index is 380. The molecule has 0 fully saturated rings. The molecule has 0 spiro atoms. The van der Waals surface area contributed by atoms with Crippen molar-refractivity contribution in [1.29, 1.82) is 0 Å². The molecule has 0 aliphatic carbocycles. The van der Waals surface area contributed by atoms with E-state index >= 15 is 0 Å².